The molecule has 3 aromatic rings. The lowest BCUT2D eigenvalue weighted by atomic mass is 10.1. The van der Waals surface area contributed by atoms with E-state index in [-0.39, 0.29) is 5.91 Å². The minimum atomic E-state index is -4.39. The van der Waals surface area contributed by atoms with Crippen LogP contribution >= 0.6 is 11.3 Å². The maximum atomic E-state index is 12.8. The third-order valence-electron chi connectivity index (χ3n) is 3.84. The Bertz CT molecular complexity index is 931. The smallest absolute Gasteiger partial charge is 0.347 e. The molecule has 0 atom stereocenters. The van der Waals surface area contributed by atoms with Crippen molar-refractivity contribution in [1.29, 1.82) is 0 Å². The van der Waals surface area contributed by atoms with Crippen LogP contribution in [0.3, 0.4) is 0 Å². The van der Waals surface area contributed by atoms with Crippen LogP contribution in [0, 0.1) is 6.92 Å². The van der Waals surface area contributed by atoms with Crippen LogP contribution < -0.4 is 5.32 Å². The second kappa shape index (κ2) is 7.33. The van der Waals surface area contributed by atoms with E-state index in [1.807, 2.05) is 31.2 Å². The summed E-state index contributed by atoms with van der Waals surface area (Å²) in [6.45, 7) is 2.38. The van der Waals surface area contributed by atoms with Gasteiger partial charge in [0.25, 0.3) is 5.91 Å². The summed E-state index contributed by atoms with van der Waals surface area (Å²) in [7, 11) is 0. The number of aryl methyl sites for hydroxylation is 1. The Kier molecular flexibility index (Phi) is 5.13. The van der Waals surface area contributed by atoms with E-state index in [9.17, 15) is 18.0 Å². The zero-order chi connectivity index (χ0) is 18.7. The first-order valence-corrected chi connectivity index (χ1v) is 8.76. The van der Waals surface area contributed by atoms with Gasteiger partial charge in [0.2, 0.25) is 0 Å². The lowest BCUT2D eigenvalue weighted by molar-refractivity contribution is -0.137. The summed E-state index contributed by atoms with van der Waals surface area (Å²) in [5, 5.41) is 2.83. The number of rotatable bonds is 4. The van der Waals surface area contributed by atoms with Gasteiger partial charge in [0.05, 0.1) is 10.4 Å². The fraction of sp³-hybridized carbons (Fsp3) is 0.150. The van der Waals surface area contributed by atoms with Crippen LogP contribution in [-0.2, 0) is 12.7 Å². The molecule has 0 unspecified atom stereocenters. The molecule has 0 fully saturated rings. The van der Waals surface area contributed by atoms with E-state index in [1.54, 1.807) is 18.2 Å². The molecule has 1 amide bonds. The van der Waals surface area contributed by atoms with Crippen LogP contribution in [0.1, 0.15) is 26.4 Å². The van der Waals surface area contributed by atoms with E-state index in [0.717, 1.165) is 23.3 Å². The highest BCUT2D eigenvalue weighted by atomic mass is 32.1. The number of amides is 1. The summed E-state index contributed by atoms with van der Waals surface area (Å²) in [5.74, 6) is -0.241. The zero-order valence-electron chi connectivity index (χ0n) is 13.9. The molecule has 0 bridgehead atoms. The molecule has 3 rings (SSSR count). The number of hydrogen-bond donors (Lipinski definition) is 1. The van der Waals surface area contributed by atoms with Crippen LogP contribution in [0.5, 0.6) is 0 Å². The Hall–Kier alpha value is -2.60. The van der Waals surface area contributed by atoms with Crippen molar-refractivity contribution in [2.75, 3.05) is 0 Å². The highest BCUT2D eigenvalue weighted by Crippen LogP contribution is 2.34. The van der Waals surface area contributed by atoms with Crippen LogP contribution in [0.25, 0.3) is 10.4 Å². The molecule has 0 aliphatic heterocycles. The summed E-state index contributed by atoms with van der Waals surface area (Å²) in [6.07, 6.45) is -4.39. The van der Waals surface area contributed by atoms with E-state index in [4.69, 9.17) is 0 Å². The molecule has 0 saturated heterocycles. The normalized spacial score (nSPS) is 11.4. The number of halogens is 3. The number of nitrogens with one attached hydrogen (secondary N) is 1. The lowest BCUT2D eigenvalue weighted by Gasteiger charge is -2.07. The van der Waals surface area contributed by atoms with Crippen LogP contribution in [-0.4, -0.2) is 5.91 Å². The van der Waals surface area contributed by atoms with E-state index >= 15 is 0 Å². The van der Waals surface area contributed by atoms with Crippen molar-refractivity contribution in [2.45, 2.75) is 19.6 Å². The number of carbonyl (C=O) groups excluding carboxylic acids is 1. The summed E-state index contributed by atoms with van der Waals surface area (Å²) in [5.41, 5.74) is 1.85. The molecule has 0 spiro atoms. The fourth-order valence-corrected chi connectivity index (χ4v) is 3.47. The monoisotopic (exact) mass is 375 g/mol. The second-order valence-corrected chi connectivity index (χ2v) is 7.00. The third-order valence-corrected chi connectivity index (χ3v) is 4.97. The fourth-order valence-electron chi connectivity index (χ4n) is 2.56. The third kappa shape index (κ3) is 4.32. The van der Waals surface area contributed by atoms with Gasteiger partial charge in [0.1, 0.15) is 0 Å². The van der Waals surface area contributed by atoms with Crippen LogP contribution in [0.4, 0.5) is 13.2 Å². The highest BCUT2D eigenvalue weighted by molar-refractivity contribution is 7.17. The Balaban J connectivity index is 1.72. The van der Waals surface area contributed by atoms with E-state index in [0.29, 0.717) is 21.9 Å². The van der Waals surface area contributed by atoms with Crippen LogP contribution in [0.15, 0.2) is 60.7 Å². The van der Waals surface area contributed by atoms with Crippen molar-refractivity contribution < 1.29 is 18.0 Å². The number of thiophene rings is 1. The zero-order valence-corrected chi connectivity index (χ0v) is 14.7. The summed E-state index contributed by atoms with van der Waals surface area (Å²) in [4.78, 5) is 13.4. The molecule has 1 heterocycles. The van der Waals surface area contributed by atoms with Gasteiger partial charge in [-0.2, -0.15) is 13.2 Å². The Morgan fingerprint density at radius 3 is 2.54 bits per heavy atom. The van der Waals surface area contributed by atoms with Gasteiger partial charge < -0.3 is 5.32 Å². The Morgan fingerprint density at radius 1 is 1.04 bits per heavy atom. The first kappa shape index (κ1) is 18.2. The van der Waals surface area contributed by atoms with Gasteiger partial charge in [-0.3, -0.25) is 4.79 Å². The summed E-state index contributed by atoms with van der Waals surface area (Å²) in [6, 6.07) is 16.2. The van der Waals surface area contributed by atoms with Crippen molar-refractivity contribution in [2.24, 2.45) is 0 Å². The van der Waals surface area contributed by atoms with Crippen molar-refractivity contribution in [3.05, 3.63) is 82.2 Å². The number of benzene rings is 2. The van der Waals surface area contributed by atoms with Gasteiger partial charge in [-0.15, -0.1) is 11.3 Å². The quantitative estimate of drug-likeness (QED) is 0.625. The van der Waals surface area contributed by atoms with Gasteiger partial charge in [-0.25, -0.2) is 0 Å². The minimum Gasteiger partial charge on any atom is -0.347 e. The topological polar surface area (TPSA) is 29.1 Å². The predicted molar refractivity (Wildman–Crippen MR) is 97.1 cm³/mol. The SMILES string of the molecule is Cc1cccc(CNC(=O)c2ccc(-c3cccc(C(F)(F)F)c3)s2)c1. The number of carbonyl (C=O) groups is 1. The van der Waals surface area contributed by atoms with Gasteiger partial charge >= 0.3 is 6.18 Å². The van der Waals surface area contributed by atoms with E-state index < -0.39 is 11.7 Å². The first-order valence-electron chi connectivity index (χ1n) is 7.94. The van der Waals surface area contributed by atoms with Gasteiger partial charge in [-0.1, -0.05) is 42.0 Å². The second-order valence-electron chi connectivity index (χ2n) is 5.91. The Morgan fingerprint density at radius 2 is 1.81 bits per heavy atom. The molecular formula is C20H16F3NOS. The molecule has 6 heteroatoms. The molecule has 0 aliphatic carbocycles. The molecule has 2 nitrogen and oxygen atoms in total. The van der Waals surface area contributed by atoms with Crippen molar-refractivity contribution in [3.63, 3.8) is 0 Å². The molecule has 1 N–H and O–H groups in total. The Labute approximate surface area is 153 Å². The molecular weight excluding hydrogens is 359 g/mol. The summed E-state index contributed by atoms with van der Waals surface area (Å²) < 4.78 is 38.5. The number of hydrogen-bond acceptors (Lipinski definition) is 2. The van der Waals surface area contributed by atoms with E-state index in [2.05, 4.69) is 5.32 Å². The van der Waals surface area contributed by atoms with Crippen molar-refractivity contribution >= 4 is 17.2 Å². The molecule has 0 radical (unpaired) electrons. The highest BCUT2D eigenvalue weighted by Gasteiger charge is 2.30. The maximum Gasteiger partial charge on any atom is 0.416 e. The predicted octanol–water partition coefficient (Wildman–Crippen LogP) is 5.67. The molecule has 134 valence electrons. The van der Waals surface area contributed by atoms with Gasteiger partial charge in [-0.05, 0) is 42.3 Å². The maximum absolute atomic E-state index is 12.8. The van der Waals surface area contributed by atoms with Gasteiger partial charge in [0.15, 0.2) is 0 Å². The van der Waals surface area contributed by atoms with Crippen molar-refractivity contribution in [1.82, 2.24) is 5.32 Å². The molecule has 2 aromatic carbocycles. The largest absolute Gasteiger partial charge is 0.416 e. The minimum absolute atomic E-state index is 0.241. The first-order chi connectivity index (χ1) is 12.3. The average Bonchev–Trinajstić information content (AvgIpc) is 3.09. The average molecular weight is 375 g/mol. The van der Waals surface area contributed by atoms with Crippen molar-refractivity contribution in [3.8, 4) is 10.4 Å². The van der Waals surface area contributed by atoms with Gasteiger partial charge in [0, 0.05) is 11.4 Å². The molecule has 0 aliphatic rings. The number of alkyl halides is 3. The molecule has 26 heavy (non-hydrogen) atoms. The standard InChI is InChI=1S/C20H16F3NOS/c1-13-4-2-5-14(10-13)12-24-19(25)18-9-8-17(26-18)15-6-3-7-16(11-15)20(21,22)23/h2-11H,12H2,1H3,(H,24,25). The lowest BCUT2D eigenvalue weighted by Crippen LogP contribution is -2.21. The van der Waals surface area contributed by atoms with Crippen LogP contribution in [0.2, 0.25) is 0 Å². The summed E-state index contributed by atoms with van der Waals surface area (Å²) >= 11 is 1.17. The molecule has 1 aromatic heterocycles. The van der Waals surface area contributed by atoms with E-state index in [1.165, 1.54) is 17.4 Å². The molecule has 0 saturated carbocycles.